The Kier molecular flexibility index (Phi) is 4.30. The van der Waals surface area contributed by atoms with Crippen LogP contribution < -0.4 is 0 Å². The number of piperidine rings is 1. The van der Waals surface area contributed by atoms with Crippen molar-refractivity contribution < 1.29 is 23.5 Å². The maximum atomic E-state index is 13.1. The van der Waals surface area contributed by atoms with Crippen molar-refractivity contribution in [1.29, 1.82) is 0 Å². The lowest BCUT2D eigenvalue weighted by Gasteiger charge is -2.39. The van der Waals surface area contributed by atoms with Gasteiger partial charge in [-0.3, -0.25) is 9.59 Å². The highest BCUT2D eigenvalue weighted by atomic mass is 19.3. The summed E-state index contributed by atoms with van der Waals surface area (Å²) in [6.45, 7) is 2.26. The molecule has 0 aromatic heterocycles. The van der Waals surface area contributed by atoms with Crippen LogP contribution in [0.2, 0.25) is 0 Å². The Balaban J connectivity index is 1.92. The number of aliphatic carboxylic acids is 1. The van der Waals surface area contributed by atoms with E-state index in [-0.39, 0.29) is 43.6 Å². The zero-order chi connectivity index (χ0) is 14.9. The second kappa shape index (κ2) is 5.66. The summed E-state index contributed by atoms with van der Waals surface area (Å²) in [7, 11) is 0. The molecule has 2 rings (SSSR count). The van der Waals surface area contributed by atoms with E-state index >= 15 is 0 Å². The van der Waals surface area contributed by atoms with E-state index in [9.17, 15) is 18.4 Å². The predicted molar refractivity (Wildman–Crippen MR) is 68.4 cm³/mol. The van der Waals surface area contributed by atoms with Gasteiger partial charge in [0.05, 0.1) is 5.92 Å². The number of halogens is 2. The molecule has 2 atom stereocenters. The normalized spacial score (nSPS) is 31.1. The first kappa shape index (κ1) is 15.2. The van der Waals surface area contributed by atoms with E-state index in [1.807, 2.05) is 6.92 Å². The lowest BCUT2D eigenvalue weighted by Crippen LogP contribution is -2.49. The van der Waals surface area contributed by atoms with Gasteiger partial charge in [0.1, 0.15) is 0 Å². The summed E-state index contributed by atoms with van der Waals surface area (Å²) >= 11 is 0. The highest BCUT2D eigenvalue weighted by Gasteiger charge is 2.40. The number of hydrogen-bond donors (Lipinski definition) is 1. The molecule has 1 heterocycles. The summed E-state index contributed by atoms with van der Waals surface area (Å²) in [5.74, 6) is -4.24. The molecule has 0 bridgehead atoms. The molecule has 0 spiro atoms. The maximum Gasteiger partial charge on any atom is 0.306 e. The van der Waals surface area contributed by atoms with E-state index < -0.39 is 17.8 Å². The molecule has 2 fully saturated rings. The molecular weight excluding hydrogens is 268 g/mol. The van der Waals surface area contributed by atoms with E-state index in [0.29, 0.717) is 19.4 Å². The SMILES string of the molecule is CC1CC(C(=O)O)CCN1C(=O)C1CCC(F)(F)CC1. The Morgan fingerprint density at radius 3 is 2.25 bits per heavy atom. The summed E-state index contributed by atoms with van der Waals surface area (Å²) in [5.41, 5.74) is 0. The van der Waals surface area contributed by atoms with E-state index in [4.69, 9.17) is 5.11 Å². The van der Waals surface area contributed by atoms with Gasteiger partial charge in [-0.25, -0.2) is 8.78 Å². The molecule has 1 saturated heterocycles. The molecule has 1 amide bonds. The van der Waals surface area contributed by atoms with Crippen LogP contribution in [0.25, 0.3) is 0 Å². The zero-order valence-electron chi connectivity index (χ0n) is 11.6. The predicted octanol–water partition coefficient (Wildman–Crippen LogP) is 2.52. The Morgan fingerprint density at radius 1 is 1.15 bits per heavy atom. The largest absolute Gasteiger partial charge is 0.481 e. The first-order chi connectivity index (χ1) is 9.30. The van der Waals surface area contributed by atoms with Crippen LogP contribution in [0.1, 0.15) is 45.4 Å². The lowest BCUT2D eigenvalue weighted by atomic mass is 9.84. The number of rotatable bonds is 2. The van der Waals surface area contributed by atoms with E-state index in [2.05, 4.69) is 0 Å². The highest BCUT2D eigenvalue weighted by molar-refractivity contribution is 5.80. The molecule has 114 valence electrons. The molecule has 0 radical (unpaired) electrons. The van der Waals surface area contributed by atoms with Gasteiger partial charge in [-0.15, -0.1) is 0 Å². The Morgan fingerprint density at radius 2 is 1.75 bits per heavy atom. The van der Waals surface area contributed by atoms with Gasteiger partial charge in [-0.05, 0) is 32.6 Å². The summed E-state index contributed by atoms with van der Waals surface area (Å²) in [5, 5.41) is 9.00. The molecule has 2 unspecified atom stereocenters. The van der Waals surface area contributed by atoms with Crippen LogP contribution in [-0.4, -0.2) is 40.4 Å². The molecular formula is C14H21F2NO3. The zero-order valence-corrected chi connectivity index (χ0v) is 11.6. The van der Waals surface area contributed by atoms with Gasteiger partial charge in [0.15, 0.2) is 0 Å². The fourth-order valence-electron chi connectivity index (χ4n) is 3.25. The molecule has 1 aliphatic heterocycles. The van der Waals surface area contributed by atoms with Gasteiger partial charge in [0.2, 0.25) is 11.8 Å². The molecule has 1 aliphatic carbocycles. The van der Waals surface area contributed by atoms with Gasteiger partial charge in [-0.2, -0.15) is 0 Å². The van der Waals surface area contributed by atoms with Gasteiger partial charge in [-0.1, -0.05) is 0 Å². The molecule has 1 N–H and O–H groups in total. The van der Waals surface area contributed by atoms with Crippen molar-refractivity contribution in [2.75, 3.05) is 6.54 Å². The van der Waals surface area contributed by atoms with Crippen molar-refractivity contribution in [2.45, 2.75) is 57.4 Å². The van der Waals surface area contributed by atoms with E-state index in [0.717, 1.165) is 0 Å². The van der Waals surface area contributed by atoms with Crippen molar-refractivity contribution in [1.82, 2.24) is 4.90 Å². The summed E-state index contributed by atoms with van der Waals surface area (Å²) < 4.78 is 26.2. The summed E-state index contributed by atoms with van der Waals surface area (Å²) in [6, 6.07) is -0.125. The number of carboxylic acid groups (broad SMARTS) is 1. The first-order valence-corrected chi connectivity index (χ1v) is 7.21. The number of amides is 1. The number of carbonyl (C=O) groups is 2. The summed E-state index contributed by atoms with van der Waals surface area (Å²) in [6.07, 6.45) is 0.930. The van der Waals surface area contributed by atoms with Crippen LogP contribution in [0.3, 0.4) is 0 Å². The average Bonchev–Trinajstić information content (AvgIpc) is 2.37. The van der Waals surface area contributed by atoms with Crippen LogP contribution in [0.4, 0.5) is 8.78 Å². The van der Waals surface area contributed by atoms with Gasteiger partial charge < -0.3 is 10.0 Å². The highest BCUT2D eigenvalue weighted by Crippen LogP contribution is 2.37. The second-order valence-electron chi connectivity index (χ2n) is 6.07. The summed E-state index contributed by atoms with van der Waals surface area (Å²) in [4.78, 5) is 25.0. The Bertz CT molecular complexity index is 390. The first-order valence-electron chi connectivity index (χ1n) is 7.21. The molecule has 1 saturated carbocycles. The smallest absolute Gasteiger partial charge is 0.306 e. The Labute approximate surface area is 117 Å². The number of nitrogens with zero attached hydrogens (tertiary/aromatic N) is 1. The third-order valence-electron chi connectivity index (χ3n) is 4.57. The maximum absolute atomic E-state index is 13.1. The number of alkyl halides is 2. The van der Waals surface area contributed by atoms with Crippen LogP contribution in [0, 0.1) is 11.8 Å². The van der Waals surface area contributed by atoms with Crippen molar-refractivity contribution in [3.63, 3.8) is 0 Å². The third-order valence-corrected chi connectivity index (χ3v) is 4.57. The lowest BCUT2D eigenvalue weighted by molar-refractivity contribution is -0.150. The molecule has 0 aromatic carbocycles. The third kappa shape index (κ3) is 3.27. The van der Waals surface area contributed by atoms with Crippen LogP contribution in [-0.2, 0) is 9.59 Å². The number of likely N-dealkylation sites (tertiary alicyclic amines) is 1. The fourth-order valence-corrected chi connectivity index (χ4v) is 3.25. The topological polar surface area (TPSA) is 57.6 Å². The fraction of sp³-hybridized carbons (Fsp3) is 0.857. The number of carbonyl (C=O) groups excluding carboxylic acids is 1. The van der Waals surface area contributed by atoms with Crippen molar-refractivity contribution in [3.8, 4) is 0 Å². The molecule has 2 aliphatic rings. The average molecular weight is 289 g/mol. The standard InChI is InChI=1S/C14H21F2NO3/c1-9-8-11(13(19)20)4-7-17(9)12(18)10-2-5-14(15,16)6-3-10/h9-11H,2-8H2,1H3,(H,19,20). The van der Waals surface area contributed by atoms with E-state index in [1.54, 1.807) is 4.90 Å². The molecule has 6 heteroatoms. The van der Waals surface area contributed by atoms with Gasteiger partial charge >= 0.3 is 5.97 Å². The van der Waals surface area contributed by atoms with Crippen molar-refractivity contribution in [3.05, 3.63) is 0 Å². The monoisotopic (exact) mass is 289 g/mol. The number of carboxylic acids is 1. The van der Waals surface area contributed by atoms with Crippen molar-refractivity contribution >= 4 is 11.9 Å². The van der Waals surface area contributed by atoms with Gasteiger partial charge in [0, 0.05) is 31.3 Å². The van der Waals surface area contributed by atoms with Crippen LogP contribution >= 0.6 is 0 Å². The number of hydrogen-bond acceptors (Lipinski definition) is 2. The molecule has 4 nitrogen and oxygen atoms in total. The van der Waals surface area contributed by atoms with Crippen LogP contribution in [0.15, 0.2) is 0 Å². The van der Waals surface area contributed by atoms with Crippen molar-refractivity contribution in [2.24, 2.45) is 11.8 Å². The van der Waals surface area contributed by atoms with E-state index in [1.165, 1.54) is 0 Å². The minimum Gasteiger partial charge on any atom is -0.481 e. The quantitative estimate of drug-likeness (QED) is 0.850. The molecule has 20 heavy (non-hydrogen) atoms. The second-order valence-corrected chi connectivity index (χ2v) is 6.07. The minimum absolute atomic E-state index is 0.0724. The minimum atomic E-state index is -2.63. The van der Waals surface area contributed by atoms with Crippen LogP contribution in [0.5, 0.6) is 0 Å². The van der Waals surface area contributed by atoms with Gasteiger partial charge in [0.25, 0.3) is 0 Å². The molecule has 0 aromatic rings. The Hall–Kier alpha value is -1.20.